The quantitative estimate of drug-likeness (QED) is 0.881. The van der Waals surface area contributed by atoms with Crippen LogP contribution in [0, 0.1) is 6.92 Å². The van der Waals surface area contributed by atoms with Gasteiger partial charge in [0.15, 0.2) is 11.6 Å². The van der Waals surface area contributed by atoms with E-state index in [-0.39, 0.29) is 0 Å². The average Bonchev–Trinajstić information content (AvgIpc) is 2.84. The topological polar surface area (TPSA) is 51.0 Å². The molecule has 4 heteroatoms. The van der Waals surface area contributed by atoms with Crippen LogP contribution in [0.15, 0.2) is 16.5 Å². The van der Waals surface area contributed by atoms with Crippen LogP contribution in [0.4, 0.5) is 5.82 Å². The van der Waals surface area contributed by atoms with E-state index in [4.69, 9.17) is 4.42 Å². The number of nitrogens with zero attached hydrogens (tertiary/aromatic N) is 2. The molecule has 2 heterocycles. The van der Waals surface area contributed by atoms with E-state index in [1.165, 1.54) is 24.1 Å². The summed E-state index contributed by atoms with van der Waals surface area (Å²) in [5, 5.41) is 3.18. The van der Waals surface area contributed by atoms with Gasteiger partial charge in [0.2, 0.25) is 0 Å². The first-order chi connectivity index (χ1) is 8.78. The van der Waals surface area contributed by atoms with Gasteiger partial charge in [-0.2, -0.15) is 0 Å². The lowest BCUT2D eigenvalue weighted by molar-refractivity contribution is 0.542. The van der Waals surface area contributed by atoms with Crippen LogP contribution in [0.1, 0.15) is 29.9 Å². The number of aryl methyl sites for hydroxylation is 2. The Labute approximate surface area is 106 Å². The third-order valence-corrected chi connectivity index (χ3v) is 3.38. The highest BCUT2D eigenvalue weighted by Crippen LogP contribution is 2.28. The van der Waals surface area contributed by atoms with Gasteiger partial charge in [0, 0.05) is 18.3 Å². The molecule has 2 aromatic heterocycles. The normalized spacial score (nSPS) is 14.3. The average molecular weight is 243 g/mol. The Morgan fingerprint density at radius 2 is 2.00 bits per heavy atom. The first-order valence-electron chi connectivity index (χ1n) is 6.42. The second-order valence-electron chi connectivity index (χ2n) is 4.69. The highest BCUT2D eigenvalue weighted by atomic mass is 16.3. The first kappa shape index (κ1) is 11.3. The molecule has 1 aliphatic rings. The van der Waals surface area contributed by atoms with Crippen molar-refractivity contribution in [3.63, 3.8) is 0 Å². The number of furan rings is 1. The van der Waals surface area contributed by atoms with E-state index < -0.39 is 0 Å². The lowest BCUT2D eigenvalue weighted by atomic mass is 9.96. The molecule has 94 valence electrons. The van der Waals surface area contributed by atoms with Gasteiger partial charge in [-0.3, -0.25) is 0 Å². The minimum Gasteiger partial charge on any atom is -0.458 e. The fourth-order valence-electron chi connectivity index (χ4n) is 2.47. The number of hydrogen-bond donors (Lipinski definition) is 1. The molecule has 0 atom stereocenters. The maximum atomic E-state index is 5.61. The van der Waals surface area contributed by atoms with Crippen LogP contribution < -0.4 is 5.32 Å². The van der Waals surface area contributed by atoms with Gasteiger partial charge in [0.05, 0.1) is 0 Å². The van der Waals surface area contributed by atoms with Crippen LogP contribution in [0.2, 0.25) is 0 Å². The summed E-state index contributed by atoms with van der Waals surface area (Å²) in [7, 11) is 1.91. The second-order valence-corrected chi connectivity index (χ2v) is 4.69. The van der Waals surface area contributed by atoms with Gasteiger partial charge in [-0.25, -0.2) is 9.97 Å². The summed E-state index contributed by atoms with van der Waals surface area (Å²) >= 11 is 0. The van der Waals surface area contributed by atoms with Gasteiger partial charge < -0.3 is 9.73 Å². The molecule has 0 unspecified atom stereocenters. The van der Waals surface area contributed by atoms with Crippen molar-refractivity contribution in [2.45, 2.75) is 32.6 Å². The van der Waals surface area contributed by atoms with E-state index in [9.17, 15) is 0 Å². The summed E-state index contributed by atoms with van der Waals surface area (Å²) in [5.74, 6) is 3.27. The van der Waals surface area contributed by atoms with Crippen LogP contribution >= 0.6 is 0 Å². The Bertz CT molecular complexity index is 557. The van der Waals surface area contributed by atoms with Crippen molar-refractivity contribution in [3.8, 4) is 11.6 Å². The van der Waals surface area contributed by atoms with Crippen molar-refractivity contribution in [2.75, 3.05) is 12.4 Å². The molecular weight excluding hydrogens is 226 g/mol. The molecule has 0 spiro atoms. The van der Waals surface area contributed by atoms with Crippen LogP contribution in [0.3, 0.4) is 0 Å². The molecule has 0 amide bonds. The van der Waals surface area contributed by atoms with Crippen molar-refractivity contribution in [3.05, 3.63) is 29.2 Å². The summed E-state index contributed by atoms with van der Waals surface area (Å²) < 4.78 is 5.61. The van der Waals surface area contributed by atoms with Crippen molar-refractivity contribution in [2.24, 2.45) is 0 Å². The summed E-state index contributed by atoms with van der Waals surface area (Å²) in [4.78, 5) is 9.23. The number of rotatable bonds is 2. The minimum absolute atomic E-state index is 0.688. The lowest BCUT2D eigenvalue weighted by Gasteiger charge is -2.18. The number of hydrogen-bond acceptors (Lipinski definition) is 4. The van der Waals surface area contributed by atoms with Crippen LogP contribution in [0.25, 0.3) is 11.6 Å². The first-order valence-corrected chi connectivity index (χ1v) is 6.42. The second kappa shape index (κ2) is 4.44. The number of fused-ring (bicyclic) bond motifs is 1. The van der Waals surface area contributed by atoms with Crippen molar-refractivity contribution in [1.82, 2.24) is 9.97 Å². The fourth-order valence-corrected chi connectivity index (χ4v) is 2.47. The van der Waals surface area contributed by atoms with Crippen molar-refractivity contribution < 1.29 is 4.42 Å². The Morgan fingerprint density at radius 1 is 1.17 bits per heavy atom. The molecule has 0 bridgehead atoms. The minimum atomic E-state index is 0.688. The summed E-state index contributed by atoms with van der Waals surface area (Å²) in [6.45, 7) is 1.93. The molecule has 0 fully saturated rings. The summed E-state index contributed by atoms with van der Waals surface area (Å²) in [5.41, 5.74) is 2.44. The van der Waals surface area contributed by atoms with Crippen molar-refractivity contribution in [1.29, 1.82) is 0 Å². The lowest BCUT2D eigenvalue weighted by Crippen LogP contribution is -2.11. The SMILES string of the molecule is CNc1nc(-c2ccc(C)o2)nc2c1CCCC2. The highest BCUT2D eigenvalue weighted by molar-refractivity contribution is 5.56. The van der Waals surface area contributed by atoms with E-state index in [0.29, 0.717) is 5.82 Å². The van der Waals surface area contributed by atoms with Gasteiger partial charge in [0.1, 0.15) is 11.6 Å². The van der Waals surface area contributed by atoms with Gasteiger partial charge in [-0.1, -0.05) is 0 Å². The molecule has 0 saturated carbocycles. The largest absolute Gasteiger partial charge is 0.458 e. The van der Waals surface area contributed by atoms with E-state index in [1.54, 1.807) is 0 Å². The highest BCUT2D eigenvalue weighted by Gasteiger charge is 2.18. The molecule has 0 radical (unpaired) electrons. The van der Waals surface area contributed by atoms with E-state index in [2.05, 4.69) is 15.3 Å². The van der Waals surface area contributed by atoms with Crippen LogP contribution in [-0.2, 0) is 12.8 Å². The zero-order valence-corrected chi connectivity index (χ0v) is 10.8. The molecule has 0 saturated heterocycles. The maximum absolute atomic E-state index is 5.61. The molecule has 2 aromatic rings. The predicted octanol–water partition coefficient (Wildman–Crippen LogP) is 2.97. The fraction of sp³-hybridized carbons (Fsp3) is 0.429. The summed E-state index contributed by atoms with van der Waals surface area (Å²) in [6, 6.07) is 3.87. The van der Waals surface area contributed by atoms with E-state index in [0.717, 1.165) is 30.2 Å². The third-order valence-electron chi connectivity index (χ3n) is 3.38. The Balaban J connectivity index is 2.11. The predicted molar refractivity (Wildman–Crippen MR) is 70.7 cm³/mol. The molecule has 1 N–H and O–H groups in total. The maximum Gasteiger partial charge on any atom is 0.197 e. The third kappa shape index (κ3) is 1.88. The number of anilines is 1. The van der Waals surface area contributed by atoms with Gasteiger partial charge >= 0.3 is 0 Å². The molecule has 4 nitrogen and oxygen atoms in total. The molecule has 0 aliphatic heterocycles. The molecule has 0 aromatic carbocycles. The molecule has 1 aliphatic carbocycles. The number of aromatic nitrogens is 2. The van der Waals surface area contributed by atoms with Gasteiger partial charge in [-0.05, 0) is 44.7 Å². The van der Waals surface area contributed by atoms with Crippen molar-refractivity contribution >= 4 is 5.82 Å². The zero-order valence-electron chi connectivity index (χ0n) is 10.8. The summed E-state index contributed by atoms with van der Waals surface area (Å²) in [6.07, 6.45) is 4.55. The van der Waals surface area contributed by atoms with Gasteiger partial charge in [-0.15, -0.1) is 0 Å². The van der Waals surface area contributed by atoms with Crippen LogP contribution in [-0.4, -0.2) is 17.0 Å². The molecule has 3 rings (SSSR count). The Morgan fingerprint density at radius 3 is 2.72 bits per heavy atom. The molecular formula is C14H17N3O. The Kier molecular flexibility index (Phi) is 2.78. The van der Waals surface area contributed by atoms with E-state index in [1.807, 2.05) is 26.1 Å². The number of nitrogens with one attached hydrogen (secondary N) is 1. The van der Waals surface area contributed by atoms with Gasteiger partial charge in [0.25, 0.3) is 0 Å². The standard InChI is InChI=1S/C14H17N3O/c1-9-7-8-12(18-9)14-16-11-6-4-3-5-10(11)13(15-2)17-14/h7-8H,3-6H2,1-2H3,(H,15,16,17). The molecule has 18 heavy (non-hydrogen) atoms. The van der Waals surface area contributed by atoms with Crippen LogP contribution in [0.5, 0.6) is 0 Å². The smallest absolute Gasteiger partial charge is 0.197 e. The zero-order chi connectivity index (χ0) is 12.5. The monoisotopic (exact) mass is 243 g/mol. The Hall–Kier alpha value is -1.84. The van der Waals surface area contributed by atoms with E-state index >= 15 is 0 Å².